The average Bonchev–Trinajstić information content (AvgIpc) is 2.03. The molecule has 0 aromatic heterocycles. The third-order valence-corrected chi connectivity index (χ3v) is 1.35. The highest BCUT2D eigenvalue weighted by atomic mass is 16.8. The van der Waals surface area contributed by atoms with Gasteiger partial charge in [-0.1, -0.05) is 0 Å². The summed E-state index contributed by atoms with van der Waals surface area (Å²) in [5.41, 5.74) is 0. The van der Waals surface area contributed by atoms with Crippen LogP contribution in [0, 0.1) is 5.21 Å². The molecule has 0 saturated carbocycles. The number of hydrogen-bond acceptors (Lipinski definition) is 4. The molecule has 0 aromatic carbocycles. The minimum atomic E-state index is -0.252. The van der Waals surface area contributed by atoms with E-state index in [1.54, 1.807) is 0 Å². The van der Waals surface area contributed by atoms with Gasteiger partial charge in [0, 0.05) is 17.7 Å². The standard InChI is InChI=1S/C7H13NO4/c1-12-7(9)5-3-2-4-6-8(10)11/h6H,2-5H2,1H3,(H,10,11). The Morgan fingerprint density at radius 3 is 2.83 bits per heavy atom. The van der Waals surface area contributed by atoms with E-state index in [-0.39, 0.29) is 10.9 Å². The third-order valence-electron chi connectivity index (χ3n) is 1.35. The van der Waals surface area contributed by atoms with Crippen molar-refractivity contribution in [3.8, 4) is 0 Å². The average molecular weight is 175 g/mol. The number of carbonyl (C=O) groups excluding carboxylic acids is 1. The van der Waals surface area contributed by atoms with Crippen molar-refractivity contribution in [2.75, 3.05) is 7.11 Å². The maximum absolute atomic E-state index is 10.6. The molecule has 12 heavy (non-hydrogen) atoms. The van der Waals surface area contributed by atoms with Gasteiger partial charge in [-0.05, 0) is 12.8 Å². The third kappa shape index (κ3) is 6.85. The number of methoxy groups -OCH3 is 1. The minimum Gasteiger partial charge on any atom is -0.469 e. The number of unbranched alkanes of at least 4 members (excludes halogenated alkanes) is 2. The Balaban J connectivity index is 3.22. The molecule has 1 N–H and O–H groups in total. The highest BCUT2D eigenvalue weighted by Crippen LogP contribution is 1.98. The normalized spacial score (nSPS) is 11.2. The molecule has 5 nitrogen and oxygen atoms in total. The number of nitrogens with zero attached hydrogens (tertiary/aromatic N) is 1. The first-order valence-corrected chi connectivity index (χ1v) is 3.72. The van der Waals surface area contributed by atoms with E-state index in [1.807, 2.05) is 0 Å². The zero-order valence-corrected chi connectivity index (χ0v) is 7.02. The van der Waals surface area contributed by atoms with E-state index in [0.29, 0.717) is 25.7 Å². The van der Waals surface area contributed by atoms with Crippen LogP contribution in [0.4, 0.5) is 0 Å². The Labute approximate surface area is 70.8 Å². The Morgan fingerprint density at radius 1 is 1.67 bits per heavy atom. The molecule has 70 valence electrons. The molecular weight excluding hydrogens is 162 g/mol. The van der Waals surface area contributed by atoms with Gasteiger partial charge in [-0.3, -0.25) is 10.0 Å². The molecule has 0 spiro atoms. The minimum absolute atomic E-state index is 0.224. The van der Waals surface area contributed by atoms with Crippen LogP contribution in [0.5, 0.6) is 0 Å². The zero-order valence-electron chi connectivity index (χ0n) is 7.02. The van der Waals surface area contributed by atoms with Crippen LogP contribution in [-0.4, -0.2) is 29.4 Å². The summed E-state index contributed by atoms with van der Waals surface area (Å²) in [7, 11) is 1.33. The highest BCUT2D eigenvalue weighted by molar-refractivity contribution is 5.69. The van der Waals surface area contributed by atoms with Gasteiger partial charge in [-0.25, -0.2) is 0 Å². The molecule has 0 aliphatic heterocycles. The molecule has 0 rings (SSSR count). The maximum Gasteiger partial charge on any atom is 0.305 e. The van der Waals surface area contributed by atoms with Crippen LogP contribution in [0.2, 0.25) is 0 Å². The van der Waals surface area contributed by atoms with Crippen molar-refractivity contribution in [3.05, 3.63) is 5.21 Å². The summed E-state index contributed by atoms with van der Waals surface area (Å²) in [5, 5.41) is 18.1. The summed E-state index contributed by atoms with van der Waals surface area (Å²) in [5.74, 6) is -0.252. The lowest BCUT2D eigenvalue weighted by atomic mass is 10.2. The maximum atomic E-state index is 10.6. The van der Waals surface area contributed by atoms with Gasteiger partial charge in [-0.15, -0.1) is 0 Å². The Morgan fingerprint density at radius 2 is 2.33 bits per heavy atom. The molecule has 0 saturated heterocycles. The van der Waals surface area contributed by atoms with Crippen molar-refractivity contribution in [2.24, 2.45) is 0 Å². The molecular formula is C7H13NO4. The molecule has 0 radical (unpaired) electrons. The van der Waals surface area contributed by atoms with Crippen molar-refractivity contribution in [2.45, 2.75) is 25.7 Å². The molecule has 0 aliphatic rings. The monoisotopic (exact) mass is 175 g/mol. The molecule has 0 bridgehead atoms. The van der Waals surface area contributed by atoms with Crippen LogP contribution >= 0.6 is 0 Å². The summed E-state index contributed by atoms with van der Waals surface area (Å²) < 4.78 is 4.41. The number of esters is 1. The van der Waals surface area contributed by atoms with E-state index in [4.69, 9.17) is 5.21 Å². The largest absolute Gasteiger partial charge is 0.469 e. The SMILES string of the molecule is COC(=O)CCCC/C=[N+](\[O-])O. The first-order valence-electron chi connectivity index (χ1n) is 3.72. The van der Waals surface area contributed by atoms with Crippen molar-refractivity contribution in [1.82, 2.24) is 0 Å². The van der Waals surface area contributed by atoms with Crippen molar-refractivity contribution >= 4 is 12.2 Å². The van der Waals surface area contributed by atoms with E-state index in [0.717, 1.165) is 6.21 Å². The van der Waals surface area contributed by atoms with Gasteiger partial charge < -0.3 is 9.94 Å². The lowest BCUT2D eigenvalue weighted by Crippen LogP contribution is -2.00. The first kappa shape index (κ1) is 10.7. The summed E-state index contributed by atoms with van der Waals surface area (Å²) in [4.78, 5) is 10.3. The molecule has 0 atom stereocenters. The fraction of sp³-hybridized carbons (Fsp3) is 0.714. The summed E-state index contributed by atoms with van der Waals surface area (Å²) in [6.07, 6.45) is 3.29. The second kappa shape index (κ2) is 6.45. The smallest absolute Gasteiger partial charge is 0.305 e. The fourth-order valence-electron chi connectivity index (χ4n) is 0.717. The van der Waals surface area contributed by atoms with Gasteiger partial charge in [-0.2, -0.15) is 0 Å². The summed E-state index contributed by atoms with van der Waals surface area (Å²) in [6, 6.07) is 0. The zero-order chi connectivity index (χ0) is 9.40. The Kier molecular flexibility index (Phi) is 5.77. The van der Waals surface area contributed by atoms with Crippen molar-refractivity contribution in [3.63, 3.8) is 0 Å². The molecule has 0 fully saturated rings. The quantitative estimate of drug-likeness (QED) is 0.167. The molecule has 0 heterocycles. The fourth-order valence-corrected chi connectivity index (χ4v) is 0.717. The van der Waals surface area contributed by atoms with E-state index >= 15 is 0 Å². The van der Waals surface area contributed by atoms with Crippen LogP contribution in [0.15, 0.2) is 0 Å². The topological polar surface area (TPSA) is 72.6 Å². The van der Waals surface area contributed by atoms with Crippen molar-refractivity contribution in [1.29, 1.82) is 0 Å². The number of hydrogen-bond donors (Lipinski definition) is 1. The second-order valence-electron chi connectivity index (χ2n) is 2.31. The van der Waals surface area contributed by atoms with Gasteiger partial charge >= 0.3 is 5.97 Å². The Hall–Kier alpha value is -1.26. The number of rotatable bonds is 5. The van der Waals surface area contributed by atoms with Crippen LogP contribution < -0.4 is 0 Å². The van der Waals surface area contributed by atoms with Crippen molar-refractivity contribution < 1.29 is 19.6 Å². The molecule has 0 unspecified atom stereocenters. The van der Waals surface area contributed by atoms with E-state index < -0.39 is 0 Å². The van der Waals surface area contributed by atoms with E-state index in [2.05, 4.69) is 4.74 Å². The molecule has 0 amide bonds. The van der Waals surface area contributed by atoms with Crippen LogP contribution in [0.25, 0.3) is 0 Å². The van der Waals surface area contributed by atoms with Gasteiger partial charge in [0.1, 0.15) is 0 Å². The predicted molar refractivity (Wildman–Crippen MR) is 42.0 cm³/mol. The Bertz CT molecular complexity index is 163. The van der Waals surface area contributed by atoms with Gasteiger partial charge in [0.05, 0.1) is 7.11 Å². The molecule has 0 aliphatic carbocycles. The molecule has 5 heteroatoms. The second-order valence-corrected chi connectivity index (χ2v) is 2.31. The van der Waals surface area contributed by atoms with Gasteiger partial charge in [0.25, 0.3) is 0 Å². The number of carbonyl (C=O) groups is 1. The summed E-state index contributed by atoms with van der Waals surface area (Å²) >= 11 is 0. The van der Waals surface area contributed by atoms with E-state index in [1.165, 1.54) is 7.11 Å². The summed E-state index contributed by atoms with van der Waals surface area (Å²) in [6.45, 7) is 0. The van der Waals surface area contributed by atoms with Gasteiger partial charge in [0.15, 0.2) is 0 Å². The highest BCUT2D eigenvalue weighted by Gasteiger charge is 1.98. The van der Waals surface area contributed by atoms with Crippen LogP contribution in [-0.2, 0) is 9.53 Å². The van der Waals surface area contributed by atoms with Crippen LogP contribution in [0.1, 0.15) is 25.7 Å². The van der Waals surface area contributed by atoms with Gasteiger partial charge in [0.2, 0.25) is 6.21 Å². The predicted octanol–water partition coefficient (Wildman–Crippen LogP) is 0.690. The van der Waals surface area contributed by atoms with Crippen LogP contribution in [0.3, 0.4) is 0 Å². The lowest BCUT2D eigenvalue weighted by molar-refractivity contribution is -0.723. The lowest BCUT2D eigenvalue weighted by Gasteiger charge is -1.95. The first-order chi connectivity index (χ1) is 5.66. The molecule has 0 aromatic rings. The van der Waals surface area contributed by atoms with E-state index in [9.17, 15) is 10.0 Å². The number of ether oxygens (including phenoxy) is 1.